The second-order valence-electron chi connectivity index (χ2n) is 5.71. The third-order valence-electron chi connectivity index (χ3n) is 3.66. The quantitative estimate of drug-likeness (QED) is 0.839. The maximum absolute atomic E-state index is 12.7. The number of hydrogen-bond acceptors (Lipinski definition) is 4. The van der Waals surface area contributed by atoms with Gasteiger partial charge in [-0.2, -0.15) is 0 Å². The molecular formula is C14H20N2O4S. The zero-order chi connectivity index (χ0) is 15.8. The van der Waals surface area contributed by atoms with Gasteiger partial charge in [-0.05, 0) is 39.3 Å². The third-order valence-corrected chi connectivity index (χ3v) is 5.42. The number of sulfonamides is 1. The van der Waals surface area contributed by atoms with Crippen molar-refractivity contribution in [1.82, 2.24) is 9.42 Å². The van der Waals surface area contributed by atoms with Crippen LogP contribution in [0.5, 0.6) is 0 Å². The van der Waals surface area contributed by atoms with Gasteiger partial charge in [0.05, 0.1) is 17.5 Å². The molecule has 1 aliphatic heterocycles. The summed E-state index contributed by atoms with van der Waals surface area (Å²) in [6.07, 6.45) is -0.124. The first-order valence-electron chi connectivity index (χ1n) is 6.67. The van der Waals surface area contributed by atoms with Gasteiger partial charge in [-0.1, -0.05) is 17.7 Å². The average Bonchev–Trinajstić information content (AvgIpc) is 2.74. The molecule has 1 saturated heterocycles. The van der Waals surface area contributed by atoms with Crippen LogP contribution in [0.2, 0.25) is 0 Å². The molecule has 116 valence electrons. The SMILES string of the molecule is COC(=O)N1N(S(=O)(=O)c2ccc(C)cc2)CCC1(C)C. The second-order valence-corrected chi connectivity index (χ2v) is 7.55. The largest absolute Gasteiger partial charge is 0.452 e. The molecular weight excluding hydrogens is 292 g/mol. The maximum atomic E-state index is 12.7. The number of carbonyl (C=O) groups excluding carboxylic acids is 1. The molecule has 0 aliphatic carbocycles. The maximum Gasteiger partial charge on any atom is 0.425 e. The van der Waals surface area contributed by atoms with E-state index in [1.165, 1.54) is 12.1 Å². The van der Waals surface area contributed by atoms with Gasteiger partial charge in [-0.25, -0.2) is 18.2 Å². The van der Waals surface area contributed by atoms with E-state index in [0.29, 0.717) is 6.42 Å². The molecule has 1 aromatic rings. The lowest BCUT2D eigenvalue weighted by molar-refractivity contribution is 0.0259. The van der Waals surface area contributed by atoms with Gasteiger partial charge in [0.2, 0.25) is 0 Å². The smallest absolute Gasteiger partial charge is 0.425 e. The highest BCUT2D eigenvalue weighted by atomic mass is 32.2. The average molecular weight is 312 g/mol. The van der Waals surface area contributed by atoms with Crippen molar-refractivity contribution in [1.29, 1.82) is 0 Å². The number of nitrogens with zero attached hydrogens (tertiary/aromatic N) is 2. The Kier molecular flexibility index (Phi) is 3.99. The summed E-state index contributed by atoms with van der Waals surface area (Å²) in [5.41, 5.74) is 0.366. The molecule has 2 rings (SSSR count). The lowest BCUT2D eigenvalue weighted by Gasteiger charge is -2.34. The summed E-state index contributed by atoms with van der Waals surface area (Å²) in [6.45, 7) is 5.76. The second kappa shape index (κ2) is 5.31. The van der Waals surface area contributed by atoms with Crippen molar-refractivity contribution in [3.8, 4) is 0 Å². The van der Waals surface area contributed by atoms with Crippen LogP contribution in [-0.2, 0) is 14.8 Å². The molecule has 21 heavy (non-hydrogen) atoms. The number of aryl methyl sites for hydroxylation is 1. The zero-order valence-corrected chi connectivity index (χ0v) is 13.5. The van der Waals surface area contributed by atoms with Crippen molar-refractivity contribution in [2.24, 2.45) is 0 Å². The minimum Gasteiger partial charge on any atom is -0.452 e. The van der Waals surface area contributed by atoms with Crippen LogP contribution in [0.1, 0.15) is 25.8 Å². The van der Waals surface area contributed by atoms with Crippen LogP contribution >= 0.6 is 0 Å². The molecule has 0 unspecified atom stereocenters. The fraction of sp³-hybridized carbons (Fsp3) is 0.500. The molecule has 1 aliphatic rings. The number of hydrogen-bond donors (Lipinski definition) is 0. The standard InChI is InChI=1S/C14H20N2O4S/c1-11-5-7-12(8-6-11)21(18,19)15-10-9-14(2,3)16(15)13(17)20-4/h5-8H,9-10H2,1-4H3. The number of amides is 1. The van der Waals surface area contributed by atoms with Crippen molar-refractivity contribution in [3.05, 3.63) is 29.8 Å². The number of carbonyl (C=O) groups is 1. The Hall–Kier alpha value is -1.60. The first-order chi connectivity index (χ1) is 9.70. The predicted molar refractivity (Wildman–Crippen MR) is 78.0 cm³/mol. The van der Waals surface area contributed by atoms with Gasteiger partial charge in [0, 0.05) is 6.54 Å². The summed E-state index contributed by atoms with van der Waals surface area (Å²) in [6, 6.07) is 6.56. The van der Waals surface area contributed by atoms with E-state index in [-0.39, 0.29) is 11.4 Å². The fourth-order valence-corrected chi connectivity index (χ4v) is 3.92. The van der Waals surface area contributed by atoms with E-state index in [0.717, 1.165) is 9.98 Å². The van der Waals surface area contributed by atoms with Crippen molar-refractivity contribution in [3.63, 3.8) is 0 Å². The Bertz CT molecular complexity index is 637. The predicted octanol–water partition coefficient (Wildman–Crippen LogP) is 2.15. The van der Waals surface area contributed by atoms with Crippen molar-refractivity contribution in [2.75, 3.05) is 13.7 Å². The van der Waals surface area contributed by atoms with E-state index < -0.39 is 21.7 Å². The van der Waals surface area contributed by atoms with E-state index >= 15 is 0 Å². The van der Waals surface area contributed by atoms with Gasteiger partial charge in [-0.15, -0.1) is 4.41 Å². The van der Waals surface area contributed by atoms with Gasteiger partial charge >= 0.3 is 6.09 Å². The minimum atomic E-state index is -3.77. The molecule has 0 spiro atoms. The summed E-state index contributed by atoms with van der Waals surface area (Å²) in [5, 5.41) is 1.18. The summed E-state index contributed by atoms with van der Waals surface area (Å²) in [4.78, 5) is 12.1. The van der Waals surface area contributed by atoms with Crippen molar-refractivity contribution < 1.29 is 17.9 Å². The van der Waals surface area contributed by atoms with Gasteiger partial charge in [0.15, 0.2) is 0 Å². The van der Waals surface area contributed by atoms with Gasteiger partial charge in [-0.3, -0.25) is 0 Å². The van der Waals surface area contributed by atoms with E-state index in [9.17, 15) is 13.2 Å². The molecule has 7 heteroatoms. The Morgan fingerprint density at radius 2 is 1.81 bits per heavy atom. The van der Waals surface area contributed by atoms with Crippen LogP contribution in [0, 0.1) is 6.92 Å². The topological polar surface area (TPSA) is 66.9 Å². The molecule has 1 aromatic carbocycles. The third kappa shape index (κ3) is 2.75. The molecule has 0 bridgehead atoms. The fourth-order valence-electron chi connectivity index (χ4n) is 2.36. The van der Waals surface area contributed by atoms with E-state index in [1.807, 2.05) is 20.8 Å². The highest BCUT2D eigenvalue weighted by molar-refractivity contribution is 7.89. The van der Waals surface area contributed by atoms with Crippen LogP contribution in [0.25, 0.3) is 0 Å². The Morgan fingerprint density at radius 1 is 1.24 bits per heavy atom. The molecule has 0 saturated carbocycles. The first-order valence-corrected chi connectivity index (χ1v) is 8.11. The summed E-state index contributed by atoms with van der Waals surface area (Å²) in [7, 11) is -2.53. The Labute approximate surface area is 125 Å². The number of rotatable bonds is 2. The molecule has 0 atom stereocenters. The minimum absolute atomic E-state index is 0.166. The van der Waals surface area contributed by atoms with Crippen LogP contribution in [-0.4, -0.2) is 43.1 Å². The van der Waals surface area contributed by atoms with Crippen molar-refractivity contribution >= 4 is 16.1 Å². The number of hydrazine groups is 1. The zero-order valence-electron chi connectivity index (χ0n) is 12.7. The van der Waals surface area contributed by atoms with Gasteiger partial charge in [0.25, 0.3) is 10.0 Å². The molecule has 0 radical (unpaired) electrons. The lowest BCUT2D eigenvalue weighted by Crippen LogP contribution is -2.52. The lowest BCUT2D eigenvalue weighted by atomic mass is 10.0. The van der Waals surface area contributed by atoms with E-state index in [2.05, 4.69) is 0 Å². The van der Waals surface area contributed by atoms with Crippen LogP contribution in [0.4, 0.5) is 4.79 Å². The monoisotopic (exact) mass is 312 g/mol. The summed E-state index contributed by atoms with van der Waals surface area (Å²) < 4.78 is 31.3. The number of ether oxygens (including phenoxy) is 1. The molecule has 1 fully saturated rings. The highest BCUT2D eigenvalue weighted by Crippen LogP contribution is 2.33. The van der Waals surface area contributed by atoms with Gasteiger partial charge < -0.3 is 4.74 Å². The number of benzene rings is 1. The highest BCUT2D eigenvalue weighted by Gasteiger charge is 2.48. The van der Waals surface area contributed by atoms with Crippen molar-refractivity contribution in [2.45, 2.75) is 37.6 Å². The summed E-state index contributed by atoms with van der Waals surface area (Å²) in [5.74, 6) is 0. The molecule has 1 amide bonds. The first kappa shape index (κ1) is 15.8. The normalized spacial score (nSPS) is 18.8. The van der Waals surface area contributed by atoms with Crippen LogP contribution in [0.3, 0.4) is 0 Å². The molecule has 0 N–H and O–H groups in total. The number of methoxy groups -OCH3 is 1. The van der Waals surface area contributed by atoms with Crippen LogP contribution < -0.4 is 0 Å². The molecule has 6 nitrogen and oxygen atoms in total. The Morgan fingerprint density at radius 3 is 2.33 bits per heavy atom. The van der Waals surface area contributed by atoms with Crippen LogP contribution in [0.15, 0.2) is 29.2 Å². The molecule has 0 aromatic heterocycles. The van der Waals surface area contributed by atoms with E-state index in [4.69, 9.17) is 4.74 Å². The summed E-state index contributed by atoms with van der Waals surface area (Å²) >= 11 is 0. The van der Waals surface area contributed by atoms with E-state index in [1.54, 1.807) is 24.3 Å². The van der Waals surface area contributed by atoms with Gasteiger partial charge in [0.1, 0.15) is 0 Å². The Balaban J connectivity index is 2.44. The molecule has 1 heterocycles.